The van der Waals surface area contributed by atoms with Gasteiger partial charge in [-0.1, -0.05) is 35.9 Å². The zero-order valence-electron chi connectivity index (χ0n) is 20.4. The van der Waals surface area contributed by atoms with Crippen molar-refractivity contribution in [3.63, 3.8) is 0 Å². The highest BCUT2D eigenvalue weighted by Gasteiger charge is 2.50. The van der Waals surface area contributed by atoms with Crippen LogP contribution in [0.3, 0.4) is 0 Å². The number of hydrogen-bond acceptors (Lipinski definition) is 5. The van der Waals surface area contributed by atoms with Crippen LogP contribution in [-0.4, -0.2) is 22.0 Å². The van der Waals surface area contributed by atoms with Gasteiger partial charge in [0.05, 0.1) is 29.4 Å². The van der Waals surface area contributed by atoms with Gasteiger partial charge in [-0.05, 0) is 70.2 Å². The molecule has 6 nitrogen and oxygen atoms in total. The van der Waals surface area contributed by atoms with Crippen molar-refractivity contribution in [2.75, 3.05) is 6.61 Å². The molecule has 0 amide bonds. The first kappa shape index (κ1) is 21.6. The van der Waals surface area contributed by atoms with E-state index in [1.807, 2.05) is 47.1 Å². The fraction of sp³-hybridized carbons (Fsp3) is 0.276. The van der Waals surface area contributed by atoms with Crippen LogP contribution in [0.15, 0.2) is 83.0 Å². The van der Waals surface area contributed by atoms with E-state index in [2.05, 4.69) is 68.3 Å². The highest BCUT2D eigenvalue weighted by atomic mass is 16.5. The molecule has 35 heavy (non-hydrogen) atoms. The molecule has 0 saturated heterocycles. The van der Waals surface area contributed by atoms with Gasteiger partial charge in [-0.3, -0.25) is 0 Å². The van der Waals surface area contributed by atoms with Gasteiger partial charge >= 0.3 is 0 Å². The van der Waals surface area contributed by atoms with Gasteiger partial charge in [0.15, 0.2) is 0 Å². The van der Waals surface area contributed by atoms with Gasteiger partial charge in [0.2, 0.25) is 5.88 Å². The Balaban J connectivity index is 1.48. The third-order valence-electron chi connectivity index (χ3n) is 7.09. The van der Waals surface area contributed by atoms with Gasteiger partial charge in [0.1, 0.15) is 11.4 Å². The highest BCUT2D eigenvalue weighted by molar-refractivity contribution is 5.57. The Morgan fingerprint density at radius 3 is 2.43 bits per heavy atom. The van der Waals surface area contributed by atoms with Crippen LogP contribution >= 0.6 is 0 Å². The van der Waals surface area contributed by atoms with Crippen molar-refractivity contribution in [3.8, 4) is 17.3 Å². The second-order valence-corrected chi connectivity index (χ2v) is 9.91. The maximum atomic E-state index is 6.65. The van der Waals surface area contributed by atoms with E-state index in [1.54, 1.807) is 0 Å². The molecule has 6 rings (SSSR count). The number of azo groups is 1. The number of aryl methyl sites for hydroxylation is 2. The number of nitrogens with zero attached hydrogens (tertiary/aromatic N) is 4. The lowest BCUT2D eigenvalue weighted by Gasteiger charge is -2.46. The summed E-state index contributed by atoms with van der Waals surface area (Å²) in [5.74, 6) is 1.92. The summed E-state index contributed by atoms with van der Waals surface area (Å²) >= 11 is 0. The molecular formula is C29H28N4O2. The van der Waals surface area contributed by atoms with Crippen LogP contribution < -0.4 is 9.47 Å². The molecule has 2 aliphatic heterocycles. The average molecular weight is 465 g/mol. The molecule has 2 aliphatic rings. The van der Waals surface area contributed by atoms with Crippen molar-refractivity contribution in [1.29, 1.82) is 0 Å². The Bertz CT molecular complexity index is 1420. The Hall–Kier alpha value is -3.93. The van der Waals surface area contributed by atoms with Gasteiger partial charge in [0, 0.05) is 23.0 Å². The standard InChI is InChI=1S/C29H28N4O2/c1-18-10-13-22(14-11-18)33-28-26(19(2)32-33)27-23-16-21(31-30-20-8-6-5-7-9-20)12-15-25(23)34-17-24(27)29(3,4)35-28/h5-16,24,27H,17H2,1-4H3/t24-,27+/m1/s1. The van der Waals surface area contributed by atoms with Crippen LogP contribution in [0.25, 0.3) is 5.69 Å². The summed E-state index contributed by atoms with van der Waals surface area (Å²) in [7, 11) is 0. The second kappa shape index (κ2) is 8.08. The van der Waals surface area contributed by atoms with Crippen LogP contribution in [0, 0.1) is 19.8 Å². The van der Waals surface area contributed by atoms with E-state index in [9.17, 15) is 0 Å². The van der Waals surface area contributed by atoms with Crippen molar-refractivity contribution < 1.29 is 9.47 Å². The number of ether oxygens (including phenoxy) is 2. The molecular weight excluding hydrogens is 436 g/mol. The van der Waals surface area contributed by atoms with Gasteiger partial charge in [-0.2, -0.15) is 15.3 Å². The van der Waals surface area contributed by atoms with Crippen LogP contribution in [0.2, 0.25) is 0 Å². The normalized spacial score (nSPS) is 19.9. The predicted molar refractivity (Wildman–Crippen MR) is 136 cm³/mol. The van der Waals surface area contributed by atoms with Crippen molar-refractivity contribution in [2.24, 2.45) is 16.1 Å². The van der Waals surface area contributed by atoms with E-state index in [4.69, 9.17) is 14.6 Å². The van der Waals surface area contributed by atoms with Crippen molar-refractivity contribution in [3.05, 3.63) is 95.2 Å². The lowest BCUT2D eigenvalue weighted by Crippen LogP contribution is -2.49. The summed E-state index contributed by atoms with van der Waals surface area (Å²) in [4.78, 5) is 0. The Kier molecular flexibility index (Phi) is 4.99. The lowest BCUT2D eigenvalue weighted by molar-refractivity contribution is -0.0186. The summed E-state index contributed by atoms with van der Waals surface area (Å²) in [6, 6.07) is 24.2. The van der Waals surface area contributed by atoms with Crippen molar-refractivity contribution in [2.45, 2.75) is 39.2 Å². The average Bonchev–Trinajstić information content (AvgIpc) is 3.18. The van der Waals surface area contributed by atoms with Crippen LogP contribution in [0.4, 0.5) is 11.4 Å². The fourth-order valence-electron chi connectivity index (χ4n) is 5.19. The summed E-state index contributed by atoms with van der Waals surface area (Å²) in [5.41, 5.74) is 6.58. The predicted octanol–water partition coefficient (Wildman–Crippen LogP) is 7.22. The third kappa shape index (κ3) is 3.70. The summed E-state index contributed by atoms with van der Waals surface area (Å²) < 4.78 is 14.8. The van der Waals surface area contributed by atoms with Crippen LogP contribution in [0.1, 0.15) is 42.1 Å². The molecule has 176 valence electrons. The fourth-order valence-corrected chi connectivity index (χ4v) is 5.19. The van der Waals surface area contributed by atoms with Crippen molar-refractivity contribution >= 4 is 11.4 Å². The Morgan fingerprint density at radius 2 is 1.66 bits per heavy atom. The SMILES string of the molecule is Cc1ccc(-n2nc(C)c3c2OC(C)(C)[C@@H]2COc4ccc(N=Nc5ccccc5)cc4[C@H]32)cc1. The molecule has 6 heteroatoms. The molecule has 0 saturated carbocycles. The zero-order valence-corrected chi connectivity index (χ0v) is 20.4. The summed E-state index contributed by atoms with van der Waals surface area (Å²) in [5, 5.41) is 13.9. The minimum absolute atomic E-state index is 0.0866. The molecule has 0 N–H and O–H groups in total. The zero-order chi connectivity index (χ0) is 24.2. The van der Waals surface area contributed by atoms with Gasteiger partial charge < -0.3 is 9.47 Å². The monoisotopic (exact) mass is 464 g/mol. The van der Waals surface area contributed by atoms with E-state index in [1.165, 1.54) is 5.56 Å². The number of aromatic nitrogens is 2. The van der Waals surface area contributed by atoms with Gasteiger partial charge in [0.25, 0.3) is 0 Å². The molecule has 0 unspecified atom stereocenters. The molecule has 0 bridgehead atoms. The van der Waals surface area contributed by atoms with Crippen molar-refractivity contribution in [1.82, 2.24) is 9.78 Å². The van der Waals surface area contributed by atoms with E-state index >= 15 is 0 Å². The number of hydrogen-bond donors (Lipinski definition) is 0. The Labute approximate surface area is 205 Å². The lowest BCUT2D eigenvalue weighted by atomic mass is 9.70. The van der Waals surface area contributed by atoms with Crippen LogP contribution in [-0.2, 0) is 0 Å². The van der Waals surface area contributed by atoms with E-state index in [0.29, 0.717) is 6.61 Å². The summed E-state index contributed by atoms with van der Waals surface area (Å²) in [6.07, 6.45) is 0. The van der Waals surface area contributed by atoms with Gasteiger partial charge in [-0.15, -0.1) is 0 Å². The maximum Gasteiger partial charge on any atom is 0.221 e. The number of benzene rings is 3. The molecule has 3 heterocycles. The molecule has 1 aromatic heterocycles. The number of fused-ring (bicyclic) bond motifs is 5. The van der Waals surface area contributed by atoms with Gasteiger partial charge in [-0.25, -0.2) is 4.68 Å². The molecule has 0 spiro atoms. The topological polar surface area (TPSA) is 61.0 Å². The first-order chi connectivity index (χ1) is 16.9. The minimum Gasteiger partial charge on any atom is -0.493 e. The molecule has 0 aliphatic carbocycles. The molecule has 3 aromatic carbocycles. The Morgan fingerprint density at radius 1 is 0.914 bits per heavy atom. The first-order valence-corrected chi connectivity index (χ1v) is 12.0. The maximum absolute atomic E-state index is 6.65. The smallest absolute Gasteiger partial charge is 0.221 e. The quantitative estimate of drug-likeness (QED) is 0.301. The first-order valence-electron chi connectivity index (χ1n) is 12.0. The number of rotatable bonds is 3. The third-order valence-corrected chi connectivity index (χ3v) is 7.09. The molecule has 4 aromatic rings. The minimum atomic E-state index is -0.439. The molecule has 0 radical (unpaired) electrons. The largest absolute Gasteiger partial charge is 0.493 e. The second-order valence-electron chi connectivity index (χ2n) is 9.91. The van der Waals surface area contributed by atoms with E-state index in [-0.39, 0.29) is 11.8 Å². The van der Waals surface area contributed by atoms with E-state index in [0.717, 1.165) is 45.5 Å². The molecule has 2 atom stereocenters. The molecule has 0 fully saturated rings. The summed E-state index contributed by atoms with van der Waals surface area (Å²) in [6.45, 7) is 9.02. The van der Waals surface area contributed by atoms with E-state index < -0.39 is 5.60 Å². The van der Waals surface area contributed by atoms with Crippen LogP contribution in [0.5, 0.6) is 11.6 Å². The highest BCUT2D eigenvalue weighted by Crippen LogP contribution is 2.54.